The molecular weight excluding hydrogens is 256 g/mol. The van der Waals surface area contributed by atoms with Crippen LogP contribution in [-0.2, 0) is 0 Å². The summed E-state index contributed by atoms with van der Waals surface area (Å²) in [6, 6.07) is 23.0. The van der Waals surface area contributed by atoms with E-state index in [4.69, 9.17) is 10.5 Å². The van der Waals surface area contributed by atoms with Gasteiger partial charge in [-0.1, -0.05) is 60.2 Å². The molecule has 0 aromatic heterocycles. The molecule has 0 N–H and O–H groups in total. The van der Waals surface area contributed by atoms with E-state index >= 15 is 0 Å². The van der Waals surface area contributed by atoms with Crippen molar-refractivity contribution in [1.29, 1.82) is 10.5 Å². The SMILES string of the molecule is Cc1ccc([C@@H](c2ccccc2)C(CC#N)CC#N)cc1. The fourth-order valence-corrected chi connectivity index (χ4v) is 2.71. The van der Waals surface area contributed by atoms with Crippen LogP contribution in [0.4, 0.5) is 0 Å². The van der Waals surface area contributed by atoms with Crippen molar-refractivity contribution in [2.75, 3.05) is 0 Å². The van der Waals surface area contributed by atoms with Gasteiger partial charge in [-0.15, -0.1) is 0 Å². The molecule has 104 valence electrons. The van der Waals surface area contributed by atoms with Gasteiger partial charge in [-0.2, -0.15) is 10.5 Å². The summed E-state index contributed by atoms with van der Waals surface area (Å²) in [4.78, 5) is 0. The van der Waals surface area contributed by atoms with Crippen LogP contribution >= 0.6 is 0 Å². The van der Waals surface area contributed by atoms with Crippen molar-refractivity contribution < 1.29 is 0 Å². The van der Waals surface area contributed by atoms with Gasteiger partial charge in [0.05, 0.1) is 12.1 Å². The molecule has 0 saturated carbocycles. The summed E-state index contributed by atoms with van der Waals surface area (Å²) < 4.78 is 0. The van der Waals surface area contributed by atoms with Crippen LogP contribution < -0.4 is 0 Å². The predicted molar refractivity (Wildman–Crippen MR) is 83.4 cm³/mol. The van der Waals surface area contributed by atoms with Crippen molar-refractivity contribution in [3.8, 4) is 12.1 Å². The largest absolute Gasteiger partial charge is 0.198 e. The second-order valence-corrected chi connectivity index (χ2v) is 5.28. The highest BCUT2D eigenvalue weighted by molar-refractivity contribution is 5.35. The van der Waals surface area contributed by atoms with Gasteiger partial charge < -0.3 is 0 Å². The van der Waals surface area contributed by atoms with Crippen LogP contribution in [0.1, 0.15) is 35.4 Å². The standard InChI is InChI=1S/C19H18N2/c1-15-7-9-17(10-8-15)19(16-5-3-2-4-6-16)18(11-13-20)12-14-21/h2-10,18-19H,11-12H2,1H3/t19-/m1/s1. The Hall–Kier alpha value is -2.58. The molecule has 0 aliphatic rings. The van der Waals surface area contributed by atoms with Crippen LogP contribution in [0.5, 0.6) is 0 Å². The van der Waals surface area contributed by atoms with Crippen LogP contribution in [0.25, 0.3) is 0 Å². The molecule has 0 aliphatic heterocycles. The van der Waals surface area contributed by atoms with Crippen molar-refractivity contribution in [2.24, 2.45) is 5.92 Å². The third-order valence-corrected chi connectivity index (χ3v) is 3.77. The Morgan fingerprint density at radius 2 is 1.33 bits per heavy atom. The second-order valence-electron chi connectivity index (χ2n) is 5.28. The maximum atomic E-state index is 9.09. The van der Waals surface area contributed by atoms with Crippen LogP contribution in [0.2, 0.25) is 0 Å². The number of rotatable bonds is 5. The minimum absolute atomic E-state index is 0.0186. The van der Waals surface area contributed by atoms with Gasteiger partial charge in [-0.25, -0.2) is 0 Å². The molecule has 0 amide bonds. The third kappa shape index (κ3) is 3.71. The number of hydrogen-bond donors (Lipinski definition) is 0. The summed E-state index contributed by atoms with van der Waals surface area (Å²) in [6.07, 6.45) is 0.780. The fourth-order valence-electron chi connectivity index (χ4n) is 2.71. The Bertz CT molecular complexity index is 629. The fraction of sp³-hybridized carbons (Fsp3) is 0.263. The molecule has 0 spiro atoms. The first-order valence-corrected chi connectivity index (χ1v) is 7.11. The molecule has 0 radical (unpaired) electrons. The van der Waals surface area contributed by atoms with Crippen LogP contribution in [0.3, 0.4) is 0 Å². The zero-order valence-corrected chi connectivity index (χ0v) is 12.2. The van der Waals surface area contributed by atoms with E-state index in [1.807, 2.05) is 18.2 Å². The van der Waals surface area contributed by atoms with Gasteiger partial charge >= 0.3 is 0 Å². The molecule has 0 saturated heterocycles. The normalized spacial score (nSPS) is 11.6. The van der Waals surface area contributed by atoms with E-state index in [1.54, 1.807) is 0 Å². The van der Waals surface area contributed by atoms with Gasteiger partial charge in [0.1, 0.15) is 0 Å². The second kappa shape index (κ2) is 7.27. The number of hydrogen-bond acceptors (Lipinski definition) is 2. The molecule has 1 atom stereocenters. The highest BCUT2D eigenvalue weighted by Gasteiger charge is 2.24. The number of benzene rings is 2. The maximum absolute atomic E-state index is 9.09. The van der Waals surface area contributed by atoms with Crippen molar-refractivity contribution in [3.05, 3.63) is 71.3 Å². The van der Waals surface area contributed by atoms with Gasteiger partial charge in [-0.05, 0) is 24.0 Å². The van der Waals surface area contributed by atoms with Crippen LogP contribution in [0.15, 0.2) is 54.6 Å². The van der Waals surface area contributed by atoms with E-state index in [2.05, 4.69) is 55.5 Å². The van der Waals surface area contributed by atoms with Crippen LogP contribution in [-0.4, -0.2) is 0 Å². The first-order chi connectivity index (χ1) is 10.3. The van der Waals surface area contributed by atoms with Gasteiger partial charge in [0.2, 0.25) is 0 Å². The summed E-state index contributed by atoms with van der Waals surface area (Å²) in [5, 5.41) is 18.2. The van der Waals surface area contributed by atoms with E-state index in [9.17, 15) is 0 Å². The average molecular weight is 274 g/mol. The summed E-state index contributed by atoms with van der Waals surface area (Å²) in [7, 11) is 0. The van der Waals surface area contributed by atoms with Crippen molar-refractivity contribution in [1.82, 2.24) is 0 Å². The Labute approximate surface area is 126 Å². The molecule has 2 nitrogen and oxygen atoms in total. The molecule has 0 fully saturated rings. The lowest BCUT2D eigenvalue weighted by Gasteiger charge is -2.25. The topological polar surface area (TPSA) is 47.6 Å². The lowest BCUT2D eigenvalue weighted by Crippen LogP contribution is -2.14. The highest BCUT2D eigenvalue weighted by atomic mass is 14.3. The Morgan fingerprint density at radius 3 is 1.86 bits per heavy atom. The monoisotopic (exact) mass is 274 g/mol. The minimum Gasteiger partial charge on any atom is -0.198 e. The molecule has 2 heteroatoms. The summed E-state index contributed by atoms with van der Waals surface area (Å²) in [5.74, 6) is 0.108. The van der Waals surface area contributed by atoms with Crippen LogP contribution in [0, 0.1) is 35.5 Å². The summed E-state index contributed by atoms with van der Waals surface area (Å²) >= 11 is 0. The first kappa shape index (κ1) is 14.8. The first-order valence-electron chi connectivity index (χ1n) is 7.11. The van der Waals surface area contributed by atoms with Crippen molar-refractivity contribution >= 4 is 0 Å². The van der Waals surface area contributed by atoms with Gasteiger partial charge in [0, 0.05) is 18.8 Å². The Kier molecular flexibility index (Phi) is 5.13. The molecule has 0 aliphatic carbocycles. The highest BCUT2D eigenvalue weighted by Crippen LogP contribution is 2.35. The lowest BCUT2D eigenvalue weighted by atomic mass is 9.78. The summed E-state index contributed by atoms with van der Waals surface area (Å²) in [6.45, 7) is 2.06. The van der Waals surface area contributed by atoms with Gasteiger partial charge in [-0.3, -0.25) is 0 Å². The lowest BCUT2D eigenvalue weighted by molar-refractivity contribution is 0.487. The molecule has 0 bridgehead atoms. The van der Waals surface area contributed by atoms with Crippen molar-refractivity contribution in [3.63, 3.8) is 0 Å². The Balaban J connectivity index is 2.46. The Morgan fingerprint density at radius 1 is 0.810 bits per heavy atom. The van der Waals surface area contributed by atoms with Gasteiger partial charge in [0.25, 0.3) is 0 Å². The third-order valence-electron chi connectivity index (χ3n) is 3.77. The quantitative estimate of drug-likeness (QED) is 0.801. The predicted octanol–water partition coefficient (Wildman–Crippen LogP) is 4.57. The number of nitrogens with zero attached hydrogens (tertiary/aromatic N) is 2. The van der Waals surface area contributed by atoms with E-state index in [-0.39, 0.29) is 11.8 Å². The van der Waals surface area contributed by atoms with Crippen molar-refractivity contribution in [2.45, 2.75) is 25.7 Å². The van der Waals surface area contributed by atoms with E-state index in [0.29, 0.717) is 12.8 Å². The molecule has 0 heterocycles. The zero-order valence-electron chi connectivity index (χ0n) is 12.2. The molecule has 2 rings (SSSR count). The van der Waals surface area contributed by atoms with E-state index in [1.165, 1.54) is 11.1 Å². The maximum Gasteiger partial charge on any atom is 0.0625 e. The molecular formula is C19H18N2. The van der Waals surface area contributed by atoms with Gasteiger partial charge in [0.15, 0.2) is 0 Å². The zero-order chi connectivity index (χ0) is 15.1. The number of nitriles is 2. The smallest absolute Gasteiger partial charge is 0.0625 e. The summed E-state index contributed by atoms with van der Waals surface area (Å²) in [5.41, 5.74) is 3.54. The minimum atomic E-state index is 0.0186. The molecule has 2 aromatic carbocycles. The molecule has 0 unspecified atom stereocenters. The molecule has 21 heavy (non-hydrogen) atoms. The van der Waals surface area contributed by atoms with E-state index < -0.39 is 0 Å². The number of aryl methyl sites for hydroxylation is 1. The van der Waals surface area contributed by atoms with E-state index in [0.717, 1.165) is 5.56 Å². The average Bonchev–Trinajstić information content (AvgIpc) is 2.51. The molecule has 2 aromatic rings.